The zero-order chi connectivity index (χ0) is 46.7. The number of para-hydroxylation sites is 4. The molecule has 7 nitrogen and oxygen atoms in total. The number of fused-ring (bicyclic) bond motifs is 6. The number of nitrogens with zero attached hydrogens (tertiary/aromatic N) is 4. The summed E-state index contributed by atoms with van der Waals surface area (Å²) >= 11 is 0. The lowest BCUT2D eigenvalue weighted by molar-refractivity contribution is 0.382. The van der Waals surface area contributed by atoms with Crippen molar-refractivity contribution in [3.63, 3.8) is 0 Å². The van der Waals surface area contributed by atoms with Gasteiger partial charge in [-0.15, -0.1) is 0 Å². The molecule has 9 heteroatoms. The summed E-state index contributed by atoms with van der Waals surface area (Å²) in [6.45, 7) is 24.9. The van der Waals surface area contributed by atoms with Crippen LogP contribution in [0.5, 0.6) is 23.0 Å². The molecule has 0 radical (unpaired) electrons. The van der Waals surface area contributed by atoms with Gasteiger partial charge < -0.3 is 13.8 Å². The maximum absolute atomic E-state index is 7.72. The number of aryl methyl sites for hydroxylation is 3. The molecule has 11 rings (SSSR count). The summed E-state index contributed by atoms with van der Waals surface area (Å²) in [7, 11) is -3.10. The molecular weight excluding hydrogens is 863 g/mol. The lowest BCUT2D eigenvalue weighted by Gasteiger charge is -2.39. The summed E-state index contributed by atoms with van der Waals surface area (Å²) in [5.74, 6) is 2.83. The molecule has 0 aliphatic carbocycles. The number of rotatable bonds is 8. The molecule has 10 aromatic rings. The van der Waals surface area contributed by atoms with Crippen LogP contribution >= 0.6 is 16.9 Å². The third-order valence-electron chi connectivity index (χ3n) is 13.7. The molecule has 1 aliphatic heterocycles. The summed E-state index contributed by atoms with van der Waals surface area (Å²) in [6.07, 6.45) is 8.91. The highest BCUT2D eigenvalue weighted by molar-refractivity contribution is 7.50. The molecule has 0 amide bonds. The minimum Gasteiger partial charge on any atom is -0.449 e. The molecule has 67 heavy (non-hydrogen) atoms. The van der Waals surface area contributed by atoms with E-state index in [1.165, 1.54) is 44.0 Å². The Kier molecular flexibility index (Phi) is 10.1. The summed E-state index contributed by atoms with van der Waals surface area (Å²) in [5.41, 5.74) is 11.7. The minimum atomic E-state index is -1.56. The van der Waals surface area contributed by atoms with E-state index >= 15 is 0 Å². The van der Waals surface area contributed by atoms with E-state index in [4.69, 9.17) is 13.8 Å². The van der Waals surface area contributed by atoms with Gasteiger partial charge in [0.2, 0.25) is 0 Å². The van der Waals surface area contributed by atoms with E-state index in [0.29, 0.717) is 23.0 Å². The van der Waals surface area contributed by atoms with Crippen LogP contribution in [0.15, 0.2) is 152 Å². The molecular formula is C58H58N4O3P2. The van der Waals surface area contributed by atoms with Crippen molar-refractivity contribution in [2.45, 2.75) is 92.4 Å². The Morgan fingerprint density at radius 3 is 1.25 bits per heavy atom. The van der Waals surface area contributed by atoms with Crippen molar-refractivity contribution in [1.29, 1.82) is 0 Å². The Morgan fingerprint density at radius 2 is 0.836 bits per heavy atom. The lowest BCUT2D eigenvalue weighted by Crippen LogP contribution is -2.27. The van der Waals surface area contributed by atoms with Crippen molar-refractivity contribution < 1.29 is 13.8 Å². The second-order valence-electron chi connectivity index (χ2n) is 20.9. The van der Waals surface area contributed by atoms with Gasteiger partial charge in [-0.25, -0.2) is 0 Å². The van der Waals surface area contributed by atoms with Crippen molar-refractivity contribution >= 4 is 60.5 Å². The Hall–Kier alpha value is -6.26. The van der Waals surface area contributed by atoms with Gasteiger partial charge in [0.1, 0.15) is 0 Å². The van der Waals surface area contributed by atoms with Crippen LogP contribution in [0.1, 0.15) is 94.3 Å². The van der Waals surface area contributed by atoms with Crippen LogP contribution in [0.2, 0.25) is 0 Å². The highest BCUT2D eigenvalue weighted by atomic mass is 31.2. The molecule has 6 aromatic carbocycles. The van der Waals surface area contributed by atoms with Crippen LogP contribution in [-0.4, -0.2) is 17.4 Å². The molecule has 0 bridgehead atoms. The van der Waals surface area contributed by atoms with Crippen molar-refractivity contribution in [3.8, 4) is 23.0 Å². The molecule has 0 fully saturated rings. The van der Waals surface area contributed by atoms with Gasteiger partial charge in [0.25, 0.3) is 0 Å². The normalized spacial score (nSPS) is 14.2. The molecule has 1 unspecified atom stereocenters. The van der Waals surface area contributed by atoms with Crippen LogP contribution in [0.3, 0.4) is 0 Å². The SMILES string of the molecule is Cc1cn(P(Oc2cc(C(C)(C)C)cc3c2Oc2c(OP(n4cc(C)c5ccccc54)n4cc(C)c5ccccc54)cc(C(C)(C)C)cc2C3(C)C)n2ccc3ccccc32)c2ccccc12. The third-order valence-corrected chi connectivity index (χ3v) is 17.3. The fourth-order valence-electron chi connectivity index (χ4n) is 9.78. The first-order valence-electron chi connectivity index (χ1n) is 23.3. The standard InChI is InChI=1S/C58H58N4O3P2/c1-37-34-60(49-25-17-13-21-43(37)49)66(59-29-28-40-20-12-16-24-48(40)59)64-52-32-41(56(4,5)6)30-46-54(52)63-55-47(58(46,10)11)31-42(57(7,8)9)33-53(55)65-67(61-35-38(2)44-22-14-18-26-50(44)61)62-36-39(3)45-23-15-19-27-51(45)62/h12-36H,1-11H3. The van der Waals surface area contributed by atoms with E-state index in [9.17, 15) is 0 Å². The quantitative estimate of drug-likeness (QED) is 0.143. The molecule has 5 heterocycles. The van der Waals surface area contributed by atoms with E-state index < -0.39 is 22.3 Å². The number of aromatic nitrogens is 4. The van der Waals surface area contributed by atoms with Gasteiger partial charge in [0.05, 0.1) is 22.1 Å². The van der Waals surface area contributed by atoms with Crippen LogP contribution in [0.4, 0.5) is 0 Å². The number of hydrogen-bond donors (Lipinski definition) is 0. The summed E-state index contributed by atoms with van der Waals surface area (Å²) in [6, 6.07) is 45.8. The maximum Gasteiger partial charge on any atom is 0.318 e. The van der Waals surface area contributed by atoms with Crippen LogP contribution < -0.4 is 13.8 Å². The second kappa shape index (κ2) is 15.7. The molecule has 0 saturated heterocycles. The second-order valence-corrected chi connectivity index (χ2v) is 24.0. The van der Waals surface area contributed by atoms with Gasteiger partial charge in [-0.2, -0.15) is 0 Å². The molecule has 1 aliphatic rings. The van der Waals surface area contributed by atoms with Crippen LogP contribution in [0.25, 0.3) is 43.6 Å². The van der Waals surface area contributed by atoms with Crippen LogP contribution in [-0.2, 0) is 16.2 Å². The van der Waals surface area contributed by atoms with E-state index in [1.54, 1.807) is 0 Å². The molecule has 338 valence electrons. The first-order chi connectivity index (χ1) is 32.0. The average Bonchev–Trinajstić information content (AvgIpc) is 4.06. The highest BCUT2D eigenvalue weighted by Gasteiger charge is 2.42. The van der Waals surface area contributed by atoms with Crippen LogP contribution in [0, 0.1) is 20.8 Å². The number of hydrogen-bond acceptors (Lipinski definition) is 3. The molecule has 0 saturated carbocycles. The predicted molar refractivity (Wildman–Crippen MR) is 281 cm³/mol. The molecule has 4 aromatic heterocycles. The summed E-state index contributed by atoms with van der Waals surface area (Å²) in [5, 5.41) is 4.78. The van der Waals surface area contributed by atoms with Gasteiger partial charge in [0.15, 0.2) is 23.0 Å². The largest absolute Gasteiger partial charge is 0.449 e. The van der Waals surface area contributed by atoms with Gasteiger partial charge in [-0.1, -0.05) is 140 Å². The maximum atomic E-state index is 7.72. The fraction of sp³-hybridized carbons (Fsp3) is 0.241. The molecule has 0 spiro atoms. The predicted octanol–water partition coefficient (Wildman–Crippen LogP) is 16.9. The van der Waals surface area contributed by atoms with Gasteiger partial charge in [-0.05, 0) is 102 Å². The number of ether oxygens (including phenoxy) is 1. The lowest BCUT2D eigenvalue weighted by atomic mass is 9.72. The Balaban J connectivity index is 1.14. The molecule has 1 atom stereocenters. The highest BCUT2D eigenvalue weighted by Crippen LogP contribution is 2.60. The van der Waals surface area contributed by atoms with E-state index in [0.717, 1.165) is 38.6 Å². The zero-order valence-electron chi connectivity index (χ0n) is 40.3. The monoisotopic (exact) mass is 920 g/mol. The Labute approximate surface area is 396 Å². The minimum absolute atomic E-state index is 0.185. The van der Waals surface area contributed by atoms with Crippen molar-refractivity contribution in [2.24, 2.45) is 0 Å². The van der Waals surface area contributed by atoms with Gasteiger partial charge in [0, 0.05) is 62.9 Å². The van der Waals surface area contributed by atoms with Crippen molar-refractivity contribution in [1.82, 2.24) is 17.4 Å². The van der Waals surface area contributed by atoms with Gasteiger partial charge >= 0.3 is 16.9 Å². The van der Waals surface area contributed by atoms with E-state index in [2.05, 4.69) is 246 Å². The smallest absolute Gasteiger partial charge is 0.318 e. The average molecular weight is 921 g/mol. The van der Waals surface area contributed by atoms with E-state index in [1.807, 2.05) is 0 Å². The first-order valence-corrected chi connectivity index (χ1v) is 25.6. The third kappa shape index (κ3) is 7.16. The van der Waals surface area contributed by atoms with Crippen molar-refractivity contribution in [3.05, 3.63) is 191 Å². The summed E-state index contributed by atoms with van der Waals surface area (Å²) < 4.78 is 32.2. The Bertz CT molecular complexity index is 3490. The zero-order valence-corrected chi connectivity index (χ0v) is 42.1. The first kappa shape index (κ1) is 43.3. The Morgan fingerprint density at radius 1 is 0.463 bits per heavy atom. The number of benzene rings is 6. The molecule has 0 N–H and O–H groups in total. The fourth-order valence-corrected chi connectivity index (χ4v) is 13.6. The summed E-state index contributed by atoms with van der Waals surface area (Å²) in [4.78, 5) is 0. The van der Waals surface area contributed by atoms with Gasteiger partial charge in [-0.3, -0.25) is 17.4 Å². The van der Waals surface area contributed by atoms with Crippen molar-refractivity contribution in [2.75, 3.05) is 0 Å². The van der Waals surface area contributed by atoms with E-state index in [-0.39, 0.29) is 10.8 Å². The topological polar surface area (TPSA) is 47.4 Å².